The van der Waals surface area contributed by atoms with E-state index in [1.807, 2.05) is 29.6 Å². The lowest BCUT2D eigenvalue weighted by molar-refractivity contribution is -0.576. The zero-order valence-electron chi connectivity index (χ0n) is 13.6. The number of nitrogens with zero attached hydrogens (tertiary/aromatic N) is 1. The highest BCUT2D eigenvalue weighted by atomic mass is 35.5. The molecule has 3 rings (SSSR count). The number of hydrogen-bond donors (Lipinski definition) is 3. The van der Waals surface area contributed by atoms with Crippen molar-refractivity contribution in [2.24, 2.45) is 0 Å². The van der Waals surface area contributed by atoms with Gasteiger partial charge in [-0.3, -0.25) is 0 Å². The summed E-state index contributed by atoms with van der Waals surface area (Å²) < 4.78 is 1.70. The molecule has 0 bridgehead atoms. The monoisotopic (exact) mass is 403 g/mol. The van der Waals surface area contributed by atoms with Gasteiger partial charge in [-0.15, -0.1) is 11.3 Å². The van der Waals surface area contributed by atoms with Gasteiger partial charge in [-0.25, -0.2) is 0 Å². The van der Waals surface area contributed by atoms with Crippen molar-refractivity contribution in [3.63, 3.8) is 0 Å². The maximum atomic E-state index is 10.8. The second kappa shape index (κ2) is 8.42. The number of aromatic nitrogens is 1. The fourth-order valence-corrected chi connectivity index (χ4v) is 3.47. The van der Waals surface area contributed by atoms with Crippen LogP contribution in [-0.2, 0) is 6.61 Å². The summed E-state index contributed by atoms with van der Waals surface area (Å²) in [5.74, 6) is 0.0616. The summed E-state index contributed by atoms with van der Waals surface area (Å²) in [6, 6.07) is 14.4. The molecule has 0 saturated carbocycles. The van der Waals surface area contributed by atoms with E-state index < -0.39 is 0 Å². The third-order valence-corrected chi connectivity index (χ3v) is 5.02. The van der Waals surface area contributed by atoms with Crippen molar-refractivity contribution in [2.45, 2.75) is 6.61 Å². The number of hydrogen-bond acceptors (Lipinski definition) is 4. The fraction of sp³-hybridized carbons (Fsp3) is 0.0526. The fourth-order valence-electron chi connectivity index (χ4n) is 2.36. The van der Waals surface area contributed by atoms with E-state index in [-0.39, 0.29) is 12.4 Å². The standard InChI is InChI=1S/C19H15ClN2O2S2/c20-14-5-7-15(8-6-14)21-19(25)17(18(24)16-4-2-10-26-16)22-9-1-3-13(11-22)12-23/h1-11,23H,12H2,(H-,21,24,25)/p+1. The van der Waals surface area contributed by atoms with Gasteiger partial charge < -0.3 is 15.5 Å². The van der Waals surface area contributed by atoms with E-state index in [0.717, 1.165) is 5.69 Å². The van der Waals surface area contributed by atoms with Gasteiger partial charge >= 0.3 is 0 Å². The first-order valence-corrected chi connectivity index (χ1v) is 9.40. The van der Waals surface area contributed by atoms with E-state index in [9.17, 15) is 10.2 Å². The Labute approximate surface area is 165 Å². The van der Waals surface area contributed by atoms with Crippen LogP contribution in [0.5, 0.6) is 0 Å². The molecule has 0 aliphatic heterocycles. The number of aliphatic hydroxyl groups excluding tert-OH is 2. The quantitative estimate of drug-likeness (QED) is 0.254. The Kier molecular flexibility index (Phi) is 6.00. The van der Waals surface area contributed by atoms with Gasteiger partial charge in [-0.05, 0) is 41.8 Å². The number of thiophene rings is 1. The van der Waals surface area contributed by atoms with Crippen LogP contribution < -0.4 is 9.88 Å². The van der Waals surface area contributed by atoms with Crippen LogP contribution in [0.2, 0.25) is 5.02 Å². The summed E-state index contributed by atoms with van der Waals surface area (Å²) in [5, 5.41) is 25.9. The second-order valence-corrected chi connectivity index (χ2v) is 7.21. The lowest BCUT2D eigenvalue weighted by Gasteiger charge is -2.10. The molecular formula is C19H16ClN2O2S2+. The maximum Gasteiger partial charge on any atom is 0.289 e. The lowest BCUT2D eigenvalue weighted by Crippen LogP contribution is -2.38. The summed E-state index contributed by atoms with van der Waals surface area (Å²) in [5.41, 5.74) is 1.89. The first-order valence-electron chi connectivity index (χ1n) is 7.74. The average Bonchev–Trinajstić information content (AvgIpc) is 3.19. The topological polar surface area (TPSA) is 56.4 Å². The molecule has 3 N–H and O–H groups in total. The molecule has 0 aliphatic carbocycles. The van der Waals surface area contributed by atoms with E-state index in [0.29, 0.717) is 26.1 Å². The molecule has 0 saturated heterocycles. The Morgan fingerprint density at radius 2 is 1.92 bits per heavy atom. The predicted molar refractivity (Wildman–Crippen MR) is 110 cm³/mol. The minimum absolute atomic E-state index is 0.0616. The molecule has 1 aromatic carbocycles. The van der Waals surface area contributed by atoms with Crippen LogP contribution in [0.15, 0.2) is 66.3 Å². The molecule has 0 radical (unpaired) electrons. The van der Waals surface area contributed by atoms with Crippen molar-refractivity contribution < 1.29 is 14.8 Å². The molecule has 0 fully saturated rings. The van der Waals surface area contributed by atoms with Crippen LogP contribution >= 0.6 is 35.2 Å². The van der Waals surface area contributed by atoms with E-state index in [1.165, 1.54) is 11.3 Å². The predicted octanol–water partition coefficient (Wildman–Crippen LogP) is 4.50. The molecule has 2 aromatic heterocycles. The lowest BCUT2D eigenvalue weighted by atomic mass is 10.2. The van der Waals surface area contributed by atoms with E-state index in [4.69, 9.17) is 23.8 Å². The van der Waals surface area contributed by atoms with Gasteiger partial charge in [0.15, 0.2) is 17.4 Å². The summed E-state index contributed by atoms with van der Waals surface area (Å²) >= 11 is 12.9. The van der Waals surface area contributed by atoms with Crippen LogP contribution in [0.1, 0.15) is 10.4 Å². The Balaban J connectivity index is 2.04. The van der Waals surface area contributed by atoms with Gasteiger partial charge in [-0.2, -0.15) is 4.57 Å². The zero-order valence-corrected chi connectivity index (χ0v) is 16.0. The van der Waals surface area contributed by atoms with Crippen LogP contribution in [0, 0.1) is 0 Å². The van der Waals surface area contributed by atoms with Gasteiger partial charge in [-0.1, -0.05) is 29.9 Å². The molecule has 7 heteroatoms. The van der Waals surface area contributed by atoms with Crippen molar-refractivity contribution in [2.75, 3.05) is 5.32 Å². The van der Waals surface area contributed by atoms with E-state index >= 15 is 0 Å². The summed E-state index contributed by atoms with van der Waals surface area (Å²) in [6.07, 6.45) is 3.50. The molecule has 0 amide bonds. The smallest absolute Gasteiger partial charge is 0.289 e. The largest absolute Gasteiger partial charge is 0.501 e. The van der Waals surface area contributed by atoms with Crippen LogP contribution in [0.4, 0.5) is 5.69 Å². The van der Waals surface area contributed by atoms with Gasteiger partial charge in [0, 0.05) is 22.3 Å². The Morgan fingerprint density at radius 1 is 1.15 bits per heavy atom. The van der Waals surface area contributed by atoms with Crippen molar-refractivity contribution in [1.29, 1.82) is 0 Å². The normalized spacial score (nSPS) is 11.8. The number of rotatable bonds is 5. The van der Waals surface area contributed by atoms with Crippen LogP contribution in [0.25, 0.3) is 11.5 Å². The highest BCUT2D eigenvalue weighted by molar-refractivity contribution is 7.81. The average molecular weight is 404 g/mol. The van der Waals surface area contributed by atoms with Crippen LogP contribution in [0.3, 0.4) is 0 Å². The van der Waals surface area contributed by atoms with E-state index in [1.54, 1.807) is 41.2 Å². The Hall–Kier alpha value is -2.25. The highest BCUT2D eigenvalue weighted by Gasteiger charge is 2.24. The van der Waals surface area contributed by atoms with Gasteiger partial charge in [0.1, 0.15) is 0 Å². The van der Waals surface area contributed by atoms with Gasteiger partial charge in [0.05, 0.1) is 11.5 Å². The minimum Gasteiger partial charge on any atom is -0.501 e. The second-order valence-electron chi connectivity index (χ2n) is 5.41. The molecule has 26 heavy (non-hydrogen) atoms. The number of anilines is 1. The summed E-state index contributed by atoms with van der Waals surface area (Å²) in [4.78, 5) is 1.04. The SMILES string of the molecule is OCc1ccc[n+](C(C(=S)Nc2ccc(Cl)cc2)=C(O)c2cccs2)c1. The van der Waals surface area contributed by atoms with Crippen molar-refractivity contribution in [1.82, 2.24) is 0 Å². The Morgan fingerprint density at radius 3 is 2.58 bits per heavy atom. The van der Waals surface area contributed by atoms with Crippen LogP contribution in [-0.4, -0.2) is 15.2 Å². The summed E-state index contributed by atoms with van der Waals surface area (Å²) in [7, 11) is 0. The molecule has 4 nitrogen and oxygen atoms in total. The van der Waals surface area contributed by atoms with Crippen molar-refractivity contribution >= 4 is 57.3 Å². The molecular weight excluding hydrogens is 388 g/mol. The minimum atomic E-state index is -0.106. The third kappa shape index (κ3) is 4.28. The third-order valence-electron chi connectivity index (χ3n) is 3.60. The first kappa shape index (κ1) is 18.5. The molecule has 0 aliphatic rings. The summed E-state index contributed by atoms with van der Waals surface area (Å²) in [6.45, 7) is -0.106. The number of halogens is 1. The number of aliphatic hydroxyl groups is 2. The van der Waals surface area contributed by atoms with Gasteiger partial charge in [0.2, 0.25) is 5.76 Å². The number of nitrogens with one attached hydrogen (secondary N) is 1. The number of pyridine rings is 1. The van der Waals surface area contributed by atoms with E-state index in [2.05, 4.69) is 5.32 Å². The molecule has 132 valence electrons. The Bertz CT molecular complexity index is 938. The number of benzene rings is 1. The van der Waals surface area contributed by atoms with Crippen molar-refractivity contribution in [3.8, 4) is 0 Å². The molecule has 0 atom stereocenters. The molecule has 3 aromatic rings. The zero-order chi connectivity index (χ0) is 18.5. The number of thiocarbonyl (C=S) groups is 1. The van der Waals surface area contributed by atoms with Crippen molar-refractivity contribution in [3.05, 3.63) is 81.8 Å². The maximum absolute atomic E-state index is 10.8. The molecule has 2 heterocycles. The first-order chi connectivity index (χ1) is 12.6. The van der Waals surface area contributed by atoms with Gasteiger partial charge in [0.25, 0.3) is 5.70 Å². The molecule has 0 unspecified atom stereocenters. The highest BCUT2D eigenvalue weighted by Crippen LogP contribution is 2.23. The molecule has 0 spiro atoms.